The molecule has 2 nitrogen and oxygen atoms in total. The van der Waals surface area contributed by atoms with Crippen LogP contribution in [0.4, 0.5) is 5.82 Å². The van der Waals surface area contributed by atoms with Crippen molar-refractivity contribution in [3.8, 4) is 0 Å². The van der Waals surface area contributed by atoms with E-state index < -0.39 is 0 Å². The lowest BCUT2D eigenvalue weighted by Gasteiger charge is -2.19. The maximum atomic E-state index is 4.35. The van der Waals surface area contributed by atoms with E-state index in [1.165, 1.54) is 18.4 Å². The van der Waals surface area contributed by atoms with Crippen LogP contribution in [0.5, 0.6) is 0 Å². The average molecular weight is 285 g/mol. The summed E-state index contributed by atoms with van der Waals surface area (Å²) in [4.78, 5) is 4.35. The normalized spacial score (nSPS) is 14.6. The van der Waals surface area contributed by atoms with Gasteiger partial charge in [0.05, 0.1) is 4.47 Å². The molecule has 0 aromatic carbocycles. The fourth-order valence-corrected chi connectivity index (χ4v) is 2.05. The van der Waals surface area contributed by atoms with Crippen LogP contribution >= 0.6 is 15.9 Å². The van der Waals surface area contributed by atoms with E-state index in [0.717, 1.165) is 16.2 Å². The van der Waals surface area contributed by atoms with Gasteiger partial charge in [-0.05, 0) is 53.7 Å². The van der Waals surface area contributed by atoms with Gasteiger partial charge in [0.1, 0.15) is 5.82 Å². The molecule has 1 aromatic heterocycles. The SMILES string of the molecule is CCC(C)CC(C)Nc1nccc(C)c1Br. The lowest BCUT2D eigenvalue weighted by Crippen LogP contribution is -2.19. The number of halogens is 1. The maximum Gasteiger partial charge on any atom is 0.140 e. The highest BCUT2D eigenvalue weighted by atomic mass is 79.9. The van der Waals surface area contributed by atoms with Crippen molar-refractivity contribution in [2.75, 3.05) is 5.32 Å². The summed E-state index contributed by atoms with van der Waals surface area (Å²) in [5.41, 5.74) is 1.22. The van der Waals surface area contributed by atoms with Crippen molar-refractivity contribution in [3.05, 3.63) is 22.3 Å². The molecule has 16 heavy (non-hydrogen) atoms. The van der Waals surface area contributed by atoms with Crippen LogP contribution in [-0.4, -0.2) is 11.0 Å². The zero-order chi connectivity index (χ0) is 12.1. The maximum absolute atomic E-state index is 4.35. The number of nitrogens with one attached hydrogen (secondary N) is 1. The molecule has 0 amide bonds. The topological polar surface area (TPSA) is 24.9 Å². The van der Waals surface area contributed by atoms with E-state index in [-0.39, 0.29) is 0 Å². The Hall–Kier alpha value is -0.570. The molecule has 0 fully saturated rings. The molecule has 0 spiro atoms. The molecular formula is C13H21BrN2. The first-order valence-electron chi connectivity index (χ1n) is 5.92. The molecule has 1 heterocycles. The predicted molar refractivity (Wildman–Crippen MR) is 73.8 cm³/mol. The largest absolute Gasteiger partial charge is 0.367 e. The summed E-state index contributed by atoms with van der Waals surface area (Å²) in [6.07, 6.45) is 4.26. The number of rotatable bonds is 5. The smallest absolute Gasteiger partial charge is 0.140 e. The summed E-state index contributed by atoms with van der Waals surface area (Å²) >= 11 is 3.57. The number of anilines is 1. The highest BCUT2D eigenvalue weighted by Gasteiger charge is 2.10. The summed E-state index contributed by atoms with van der Waals surface area (Å²) in [5, 5.41) is 3.46. The highest BCUT2D eigenvalue weighted by Crippen LogP contribution is 2.24. The Kier molecular flexibility index (Phi) is 5.26. The summed E-state index contributed by atoms with van der Waals surface area (Å²) < 4.78 is 1.08. The summed E-state index contributed by atoms with van der Waals surface area (Å²) in [6.45, 7) is 8.81. The van der Waals surface area contributed by atoms with E-state index in [2.05, 4.69) is 53.9 Å². The number of pyridine rings is 1. The van der Waals surface area contributed by atoms with Gasteiger partial charge in [0, 0.05) is 12.2 Å². The molecule has 2 unspecified atom stereocenters. The highest BCUT2D eigenvalue weighted by molar-refractivity contribution is 9.10. The third-order valence-corrected chi connectivity index (χ3v) is 3.92. The van der Waals surface area contributed by atoms with Crippen molar-refractivity contribution in [1.82, 2.24) is 4.98 Å². The van der Waals surface area contributed by atoms with Crippen molar-refractivity contribution < 1.29 is 0 Å². The summed E-state index contributed by atoms with van der Waals surface area (Å²) in [7, 11) is 0. The fraction of sp³-hybridized carbons (Fsp3) is 0.615. The third-order valence-electron chi connectivity index (χ3n) is 2.92. The van der Waals surface area contributed by atoms with Crippen LogP contribution in [-0.2, 0) is 0 Å². The van der Waals surface area contributed by atoms with Crippen LogP contribution in [0.1, 0.15) is 39.2 Å². The summed E-state index contributed by atoms with van der Waals surface area (Å²) in [6, 6.07) is 2.47. The molecule has 0 radical (unpaired) electrons. The fourth-order valence-electron chi connectivity index (χ4n) is 1.70. The Labute approximate surface area is 107 Å². The van der Waals surface area contributed by atoms with Crippen LogP contribution in [0.3, 0.4) is 0 Å². The Bertz CT molecular complexity index is 339. The van der Waals surface area contributed by atoms with E-state index in [0.29, 0.717) is 6.04 Å². The van der Waals surface area contributed by atoms with Gasteiger partial charge < -0.3 is 5.32 Å². The first-order chi connectivity index (χ1) is 7.54. The Morgan fingerprint density at radius 2 is 2.12 bits per heavy atom. The first kappa shape index (κ1) is 13.5. The molecule has 0 saturated heterocycles. The number of aryl methyl sites for hydroxylation is 1. The molecule has 0 bridgehead atoms. The van der Waals surface area contributed by atoms with E-state index in [9.17, 15) is 0 Å². The zero-order valence-corrected chi connectivity index (χ0v) is 12.1. The van der Waals surface area contributed by atoms with Crippen molar-refractivity contribution in [2.24, 2.45) is 5.92 Å². The average Bonchev–Trinajstić information content (AvgIpc) is 2.24. The van der Waals surface area contributed by atoms with E-state index in [1.807, 2.05) is 12.3 Å². The minimum atomic E-state index is 0.459. The van der Waals surface area contributed by atoms with Gasteiger partial charge >= 0.3 is 0 Å². The van der Waals surface area contributed by atoms with E-state index in [4.69, 9.17) is 0 Å². The lowest BCUT2D eigenvalue weighted by atomic mass is 10.0. The van der Waals surface area contributed by atoms with Gasteiger partial charge in [-0.2, -0.15) is 0 Å². The molecule has 0 aliphatic heterocycles. The third kappa shape index (κ3) is 3.78. The van der Waals surface area contributed by atoms with Gasteiger partial charge in [-0.3, -0.25) is 0 Å². The predicted octanol–water partition coefficient (Wildman–Crippen LogP) is 4.39. The van der Waals surface area contributed by atoms with E-state index in [1.54, 1.807) is 0 Å². The molecular weight excluding hydrogens is 264 g/mol. The minimum Gasteiger partial charge on any atom is -0.367 e. The molecule has 1 rings (SSSR count). The molecule has 3 heteroatoms. The number of hydrogen-bond acceptors (Lipinski definition) is 2. The minimum absolute atomic E-state index is 0.459. The monoisotopic (exact) mass is 284 g/mol. The second-order valence-electron chi connectivity index (χ2n) is 4.58. The number of nitrogens with zero attached hydrogens (tertiary/aromatic N) is 1. The van der Waals surface area contributed by atoms with Crippen LogP contribution in [0.25, 0.3) is 0 Å². The molecule has 2 atom stereocenters. The molecule has 90 valence electrons. The molecule has 0 aliphatic rings. The quantitative estimate of drug-likeness (QED) is 0.868. The number of aromatic nitrogens is 1. The molecule has 0 aliphatic carbocycles. The lowest BCUT2D eigenvalue weighted by molar-refractivity contribution is 0.483. The van der Waals surface area contributed by atoms with Crippen LogP contribution in [0.2, 0.25) is 0 Å². The van der Waals surface area contributed by atoms with Crippen LogP contribution in [0.15, 0.2) is 16.7 Å². The number of hydrogen-bond donors (Lipinski definition) is 1. The van der Waals surface area contributed by atoms with E-state index >= 15 is 0 Å². The first-order valence-corrected chi connectivity index (χ1v) is 6.71. The van der Waals surface area contributed by atoms with Crippen LogP contribution < -0.4 is 5.32 Å². The van der Waals surface area contributed by atoms with Gasteiger partial charge in [0.25, 0.3) is 0 Å². The van der Waals surface area contributed by atoms with Crippen molar-refractivity contribution >= 4 is 21.7 Å². The van der Waals surface area contributed by atoms with Gasteiger partial charge in [0.15, 0.2) is 0 Å². The Morgan fingerprint density at radius 3 is 2.75 bits per heavy atom. The van der Waals surface area contributed by atoms with Gasteiger partial charge in [-0.15, -0.1) is 0 Å². The Balaban J connectivity index is 2.62. The standard InChI is InChI=1S/C13H21BrN2/c1-5-9(2)8-11(4)16-13-12(14)10(3)6-7-15-13/h6-7,9,11H,5,8H2,1-4H3,(H,15,16). The van der Waals surface area contributed by atoms with Gasteiger partial charge in [-0.25, -0.2) is 4.98 Å². The second-order valence-corrected chi connectivity index (χ2v) is 5.38. The molecule has 0 saturated carbocycles. The summed E-state index contributed by atoms with van der Waals surface area (Å²) in [5.74, 6) is 1.71. The van der Waals surface area contributed by atoms with Gasteiger partial charge in [-0.1, -0.05) is 20.3 Å². The molecule has 1 aromatic rings. The van der Waals surface area contributed by atoms with Crippen LogP contribution in [0, 0.1) is 12.8 Å². The molecule has 1 N–H and O–H groups in total. The Morgan fingerprint density at radius 1 is 1.44 bits per heavy atom. The van der Waals surface area contributed by atoms with Crippen molar-refractivity contribution in [3.63, 3.8) is 0 Å². The zero-order valence-electron chi connectivity index (χ0n) is 10.5. The van der Waals surface area contributed by atoms with Crippen molar-refractivity contribution in [1.29, 1.82) is 0 Å². The van der Waals surface area contributed by atoms with Crippen molar-refractivity contribution in [2.45, 2.75) is 46.6 Å². The van der Waals surface area contributed by atoms with Gasteiger partial charge in [0.2, 0.25) is 0 Å². The second kappa shape index (κ2) is 6.24.